The lowest BCUT2D eigenvalue weighted by molar-refractivity contribution is 0.489. The van der Waals surface area contributed by atoms with Gasteiger partial charge in [-0.3, -0.25) is 0 Å². The molecule has 0 aliphatic heterocycles. The molecular weight excluding hydrogens is 206 g/mol. The Balaban J connectivity index is 2.40. The van der Waals surface area contributed by atoms with Gasteiger partial charge in [-0.1, -0.05) is 36.8 Å². The molecule has 92 valence electrons. The predicted octanol–water partition coefficient (Wildman–Crippen LogP) is 3.32. The van der Waals surface area contributed by atoms with Gasteiger partial charge in [0.2, 0.25) is 0 Å². The Morgan fingerprint density at radius 3 is 2.59 bits per heavy atom. The van der Waals surface area contributed by atoms with E-state index in [0.717, 1.165) is 32.2 Å². The van der Waals surface area contributed by atoms with E-state index in [0.29, 0.717) is 6.04 Å². The van der Waals surface area contributed by atoms with Crippen LogP contribution in [0.2, 0.25) is 0 Å². The highest BCUT2D eigenvalue weighted by molar-refractivity contribution is 5.21. The van der Waals surface area contributed by atoms with Gasteiger partial charge in [0.15, 0.2) is 0 Å². The standard InChI is InChI=1S/C16H23N/c1-4-6-16(17-13-5-2)12-11-15-9-7-14(3)8-10-15/h1,7-10,16-17H,5-6,11-13H2,2-3H3. The summed E-state index contributed by atoms with van der Waals surface area (Å²) in [6.07, 6.45) is 9.60. The van der Waals surface area contributed by atoms with Crippen LogP contribution in [0.3, 0.4) is 0 Å². The zero-order chi connectivity index (χ0) is 12.5. The van der Waals surface area contributed by atoms with Crippen LogP contribution in [0.4, 0.5) is 0 Å². The van der Waals surface area contributed by atoms with E-state index >= 15 is 0 Å². The van der Waals surface area contributed by atoms with Crippen LogP contribution in [0.1, 0.15) is 37.3 Å². The minimum Gasteiger partial charge on any atom is -0.313 e. The van der Waals surface area contributed by atoms with Gasteiger partial charge in [-0.15, -0.1) is 12.3 Å². The van der Waals surface area contributed by atoms with E-state index in [1.807, 2.05) is 0 Å². The van der Waals surface area contributed by atoms with E-state index in [1.54, 1.807) is 0 Å². The molecule has 1 rings (SSSR count). The molecule has 1 atom stereocenters. The predicted molar refractivity (Wildman–Crippen MR) is 75.0 cm³/mol. The van der Waals surface area contributed by atoms with Crippen molar-refractivity contribution in [2.45, 2.75) is 45.6 Å². The summed E-state index contributed by atoms with van der Waals surface area (Å²) < 4.78 is 0. The second-order valence-electron chi connectivity index (χ2n) is 4.58. The average Bonchev–Trinajstić information content (AvgIpc) is 2.35. The molecule has 0 aromatic heterocycles. The van der Waals surface area contributed by atoms with Crippen LogP contribution in [-0.2, 0) is 6.42 Å². The van der Waals surface area contributed by atoms with Crippen molar-refractivity contribution < 1.29 is 0 Å². The second kappa shape index (κ2) is 7.92. The zero-order valence-corrected chi connectivity index (χ0v) is 11.0. The van der Waals surface area contributed by atoms with Crippen LogP contribution in [0, 0.1) is 19.3 Å². The van der Waals surface area contributed by atoms with Gasteiger partial charge < -0.3 is 5.32 Å². The highest BCUT2D eigenvalue weighted by Crippen LogP contribution is 2.09. The highest BCUT2D eigenvalue weighted by Gasteiger charge is 2.06. The molecular formula is C16H23N. The first kappa shape index (κ1) is 13.8. The maximum atomic E-state index is 5.40. The Morgan fingerprint density at radius 1 is 1.29 bits per heavy atom. The van der Waals surface area contributed by atoms with Crippen molar-refractivity contribution in [2.24, 2.45) is 0 Å². The molecule has 0 saturated heterocycles. The molecule has 0 bridgehead atoms. The summed E-state index contributed by atoms with van der Waals surface area (Å²) in [5.74, 6) is 2.76. The summed E-state index contributed by atoms with van der Waals surface area (Å²) in [6.45, 7) is 5.36. The van der Waals surface area contributed by atoms with Gasteiger partial charge in [-0.2, -0.15) is 0 Å². The van der Waals surface area contributed by atoms with Crippen molar-refractivity contribution >= 4 is 0 Å². The molecule has 1 N–H and O–H groups in total. The van der Waals surface area contributed by atoms with Gasteiger partial charge >= 0.3 is 0 Å². The maximum Gasteiger partial charge on any atom is 0.0240 e. The fraction of sp³-hybridized carbons (Fsp3) is 0.500. The van der Waals surface area contributed by atoms with E-state index < -0.39 is 0 Å². The third-order valence-electron chi connectivity index (χ3n) is 2.95. The number of nitrogens with one attached hydrogen (secondary N) is 1. The third kappa shape index (κ3) is 5.56. The first-order valence-corrected chi connectivity index (χ1v) is 6.48. The summed E-state index contributed by atoms with van der Waals surface area (Å²) in [7, 11) is 0. The minimum absolute atomic E-state index is 0.459. The van der Waals surface area contributed by atoms with Gasteiger partial charge in [-0.25, -0.2) is 0 Å². The smallest absolute Gasteiger partial charge is 0.0240 e. The fourth-order valence-corrected chi connectivity index (χ4v) is 1.86. The van der Waals surface area contributed by atoms with Gasteiger partial charge in [0, 0.05) is 12.5 Å². The minimum atomic E-state index is 0.459. The quantitative estimate of drug-likeness (QED) is 0.707. The normalized spacial score (nSPS) is 12.1. The number of aryl methyl sites for hydroxylation is 2. The zero-order valence-electron chi connectivity index (χ0n) is 11.0. The Bertz CT molecular complexity index is 345. The summed E-state index contributed by atoms with van der Waals surface area (Å²) in [6, 6.07) is 9.22. The SMILES string of the molecule is C#CCC(CCc1ccc(C)cc1)NCCC. The molecule has 0 radical (unpaired) electrons. The van der Waals surface area contributed by atoms with Crippen molar-refractivity contribution in [1.29, 1.82) is 0 Å². The van der Waals surface area contributed by atoms with Crippen molar-refractivity contribution in [3.8, 4) is 12.3 Å². The lowest BCUT2D eigenvalue weighted by Crippen LogP contribution is -2.29. The van der Waals surface area contributed by atoms with Crippen molar-refractivity contribution in [3.05, 3.63) is 35.4 Å². The van der Waals surface area contributed by atoms with Crippen LogP contribution in [0.5, 0.6) is 0 Å². The van der Waals surface area contributed by atoms with Crippen LogP contribution < -0.4 is 5.32 Å². The molecule has 0 spiro atoms. The highest BCUT2D eigenvalue weighted by atomic mass is 14.9. The number of hydrogen-bond acceptors (Lipinski definition) is 1. The van der Waals surface area contributed by atoms with E-state index in [4.69, 9.17) is 6.42 Å². The summed E-state index contributed by atoms with van der Waals surface area (Å²) in [5, 5.41) is 3.51. The lowest BCUT2D eigenvalue weighted by Gasteiger charge is -2.15. The summed E-state index contributed by atoms with van der Waals surface area (Å²) in [5.41, 5.74) is 2.72. The van der Waals surface area contributed by atoms with Gasteiger partial charge in [-0.05, 0) is 38.3 Å². The topological polar surface area (TPSA) is 12.0 Å². The largest absolute Gasteiger partial charge is 0.313 e. The fourth-order valence-electron chi connectivity index (χ4n) is 1.86. The molecule has 0 saturated carbocycles. The molecule has 0 heterocycles. The van der Waals surface area contributed by atoms with Crippen LogP contribution in [0.25, 0.3) is 0 Å². The summed E-state index contributed by atoms with van der Waals surface area (Å²) in [4.78, 5) is 0. The Kier molecular flexibility index (Phi) is 6.43. The molecule has 1 unspecified atom stereocenters. The van der Waals surface area contributed by atoms with Crippen molar-refractivity contribution in [1.82, 2.24) is 5.32 Å². The first-order chi connectivity index (χ1) is 8.26. The number of rotatable bonds is 7. The number of benzene rings is 1. The molecule has 1 nitrogen and oxygen atoms in total. The van der Waals surface area contributed by atoms with Gasteiger partial charge in [0.1, 0.15) is 0 Å². The number of terminal acetylenes is 1. The van der Waals surface area contributed by atoms with E-state index in [1.165, 1.54) is 11.1 Å². The molecule has 1 heteroatoms. The third-order valence-corrected chi connectivity index (χ3v) is 2.95. The van der Waals surface area contributed by atoms with Gasteiger partial charge in [0.25, 0.3) is 0 Å². The molecule has 0 aliphatic carbocycles. The monoisotopic (exact) mass is 229 g/mol. The molecule has 0 fully saturated rings. The Labute approximate surface area is 106 Å². The van der Waals surface area contributed by atoms with Gasteiger partial charge in [0.05, 0.1) is 0 Å². The maximum absolute atomic E-state index is 5.40. The molecule has 17 heavy (non-hydrogen) atoms. The van der Waals surface area contributed by atoms with Crippen LogP contribution in [-0.4, -0.2) is 12.6 Å². The van der Waals surface area contributed by atoms with E-state index in [9.17, 15) is 0 Å². The Hall–Kier alpha value is -1.26. The molecule has 1 aromatic carbocycles. The first-order valence-electron chi connectivity index (χ1n) is 6.48. The van der Waals surface area contributed by atoms with E-state index in [2.05, 4.69) is 49.4 Å². The Morgan fingerprint density at radius 2 is 2.00 bits per heavy atom. The summed E-state index contributed by atoms with van der Waals surface area (Å²) >= 11 is 0. The molecule has 1 aromatic rings. The van der Waals surface area contributed by atoms with Crippen LogP contribution in [0.15, 0.2) is 24.3 Å². The van der Waals surface area contributed by atoms with E-state index in [-0.39, 0.29) is 0 Å². The lowest BCUT2D eigenvalue weighted by atomic mass is 10.0. The van der Waals surface area contributed by atoms with Crippen LogP contribution >= 0.6 is 0 Å². The molecule has 0 amide bonds. The van der Waals surface area contributed by atoms with Crippen molar-refractivity contribution in [3.63, 3.8) is 0 Å². The average molecular weight is 229 g/mol. The second-order valence-corrected chi connectivity index (χ2v) is 4.58. The van der Waals surface area contributed by atoms with Crippen molar-refractivity contribution in [2.75, 3.05) is 6.54 Å². The molecule has 0 aliphatic rings. The number of hydrogen-bond donors (Lipinski definition) is 1.